The van der Waals surface area contributed by atoms with Gasteiger partial charge in [0.1, 0.15) is 24.7 Å². The molecule has 0 bridgehead atoms. The van der Waals surface area contributed by atoms with Gasteiger partial charge in [0.05, 0.1) is 5.56 Å². The zero-order chi connectivity index (χ0) is 13.5. The van der Waals surface area contributed by atoms with Crippen LogP contribution < -0.4 is 9.47 Å². The molecule has 0 aliphatic rings. The maximum atomic E-state index is 10.8. The van der Waals surface area contributed by atoms with Crippen LogP contribution in [0.5, 0.6) is 11.5 Å². The standard InChI is InChI=1S/C15H13ClO3/c16-13-5-7-14(8-6-13)18-9-10-19-15-4-2-1-3-12(15)11-17/h1-8,11H,9-10H2. The molecule has 0 saturated heterocycles. The normalized spacial score (nSPS) is 9.95. The summed E-state index contributed by atoms with van der Waals surface area (Å²) in [4.78, 5) is 10.8. The van der Waals surface area contributed by atoms with Gasteiger partial charge in [-0.05, 0) is 36.4 Å². The Bertz CT molecular complexity index is 537. The summed E-state index contributed by atoms with van der Waals surface area (Å²) in [5, 5.41) is 0.670. The van der Waals surface area contributed by atoms with Crippen molar-refractivity contribution in [3.05, 3.63) is 59.1 Å². The van der Waals surface area contributed by atoms with Gasteiger partial charge in [-0.1, -0.05) is 23.7 Å². The van der Waals surface area contributed by atoms with Gasteiger partial charge >= 0.3 is 0 Å². The molecule has 2 rings (SSSR count). The zero-order valence-corrected chi connectivity index (χ0v) is 11.0. The number of para-hydroxylation sites is 1. The Morgan fingerprint density at radius 1 is 0.947 bits per heavy atom. The fraction of sp³-hybridized carbons (Fsp3) is 0.133. The predicted molar refractivity (Wildman–Crippen MR) is 74.3 cm³/mol. The number of carbonyl (C=O) groups excluding carboxylic acids is 1. The highest BCUT2D eigenvalue weighted by Crippen LogP contribution is 2.17. The lowest BCUT2D eigenvalue weighted by atomic mass is 10.2. The molecule has 0 aliphatic carbocycles. The Morgan fingerprint density at radius 2 is 1.63 bits per heavy atom. The fourth-order valence-corrected chi connectivity index (χ4v) is 1.68. The minimum Gasteiger partial charge on any atom is -0.490 e. The molecule has 0 aromatic heterocycles. The van der Waals surface area contributed by atoms with E-state index in [0.29, 0.717) is 29.5 Å². The van der Waals surface area contributed by atoms with Crippen LogP contribution >= 0.6 is 11.6 Å². The van der Waals surface area contributed by atoms with E-state index in [1.54, 1.807) is 42.5 Å². The van der Waals surface area contributed by atoms with Crippen molar-refractivity contribution < 1.29 is 14.3 Å². The summed E-state index contributed by atoms with van der Waals surface area (Å²) < 4.78 is 11.0. The lowest BCUT2D eigenvalue weighted by Gasteiger charge is -2.09. The lowest BCUT2D eigenvalue weighted by molar-refractivity contribution is 0.111. The van der Waals surface area contributed by atoms with E-state index >= 15 is 0 Å². The van der Waals surface area contributed by atoms with Crippen molar-refractivity contribution in [2.75, 3.05) is 13.2 Å². The number of hydrogen-bond donors (Lipinski definition) is 0. The zero-order valence-electron chi connectivity index (χ0n) is 10.2. The van der Waals surface area contributed by atoms with Crippen LogP contribution in [0.4, 0.5) is 0 Å². The molecule has 0 aliphatic heterocycles. The monoisotopic (exact) mass is 276 g/mol. The molecule has 3 nitrogen and oxygen atoms in total. The van der Waals surface area contributed by atoms with Crippen LogP contribution in [0.1, 0.15) is 10.4 Å². The minimum atomic E-state index is 0.369. The third-order valence-corrected chi connectivity index (χ3v) is 2.72. The molecular formula is C15H13ClO3. The first kappa shape index (κ1) is 13.4. The van der Waals surface area contributed by atoms with Crippen LogP contribution in [0.3, 0.4) is 0 Å². The molecule has 2 aromatic carbocycles. The summed E-state index contributed by atoms with van der Waals surface area (Å²) in [5.41, 5.74) is 0.536. The third kappa shape index (κ3) is 4.00. The van der Waals surface area contributed by atoms with Crippen molar-refractivity contribution in [1.82, 2.24) is 0 Å². The van der Waals surface area contributed by atoms with Crippen molar-refractivity contribution in [1.29, 1.82) is 0 Å². The Kier molecular flexibility index (Phi) is 4.81. The molecule has 4 heteroatoms. The van der Waals surface area contributed by atoms with Crippen molar-refractivity contribution >= 4 is 17.9 Å². The first-order valence-electron chi connectivity index (χ1n) is 5.85. The average molecular weight is 277 g/mol. The SMILES string of the molecule is O=Cc1ccccc1OCCOc1ccc(Cl)cc1. The molecule has 0 heterocycles. The van der Waals surface area contributed by atoms with Gasteiger partial charge in [0, 0.05) is 5.02 Å². The Balaban J connectivity index is 1.80. The van der Waals surface area contributed by atoms with Crippen molar-refractivity contribution in [2.24, 2.45) is 0 Å². The summed E-state index contributed by atoms with van der Waals surface area (Å²) in [6, 6.07) is 14.2. The van der Waals surface area contributed by atoms with Crippen molar-refractivity contribution in [3.63, 3.8) is 0 Å². The molecule has 0 radical (unpaired) electrons. The predicted octanol–water partition coefficient (Wildman–Crippen LogP) is 3.61. The smallest absolute Gasteiger partial charge is 0.153 e. The molecule has 19 heavy (non-hydrogen) atoms. The van der Waals surface area contributed by atoms with Gasteiger partial charge in [-0.25, -0.2) is 0 Å². The highest BCUT2D eigenvalue weighted by atomic mass is 35.5. The van der Waals surface area contributed by atoms with Gasteiger partial charge in [-0.15, -0.1) is 0 Å². The van der Waals surface area contributed by atoms with Gasteiger partial charge in [0.2, 0.25) is 0 Å². The van der Waals surface area contributed by atoms with E-state index in [-0.39, 0.29) is 0 Å². The van der Waals surface area contributed by atoms with E-state index in [9.17, 15) is 4.79 Å². The maximum absolute atomic E-state index is 10.8. The molecule has 0 unspecified atom stereocenters. The molecule has 0 amide bonds. The number of rotatable bonds is 6. The van der Waals surface area contributed by atoms with E-state index in [1.165, 1.54) is 0 Å². The molecule has 0 spiro atoms. The van der Waals surface area contributed by atoms with E-state index in [4.69, 9.17) is 21.1 Å². The van der Waals surface area contributed by atoms with Gasteiger partial charge in [0.15, 0.2) is 6.29 Å². The first-order valence-corrected chi connectivity index (χ1v) is 6.23. The number of aldehydes is 1. The lowest BCUT2D eigenvalue weighted by Crippen LogP contribution is -2.09. The second kappa shape index (κ2) is 6.81. The first-order chi connectivity index (χ1) is 9.29. The fourth-order valence-electron chi connectivity index (χ4n) is 1.55. The van der Waals surface area contributed by atoms with Gasteiger partial charge in [-0.3, -0.25) is 4.79 Å². The van der Waals surface area contributed by atoms with E-state index in [1.807, 2.05) is 6.07 Å². The van der Waals surface area contributed by atoms with Gasteiger partial charge in [-0.2, -0.15) is 0 Å². The van der Waals surface area contributed by atoms with E-state index in [2.05, 4.69) is 0 Å². The number of halogens is 1. The molecule has 0 saturated carbocycles. The highest BCUT2D eigenvalue weighted by molar-refractivity contribution is 6.30. The summed E-state index contributed by atoms with van der Waals surface area (Å²) in [5.74, 6) is 1.30. The number of ether oxygens (including phenoxy) is 2. The average Bonchev–Trinajstić information content (AvgIpc) is 2.46. The molecule has 0 atom stereocenters. The Hall–Kier alpha value is -2.00. The number of hydrogen-bond acceptors (Lipinski definition) is 3. The molecule has 98 valence electrons. The molecule has 2 aromatic rings. The maximum Gasteiger partial charge on any atom is 0.153 e. The summed E-state index contributed by atoms with van der Waals surface area (Å²) in [7, 11) is 0. The summed E-state index contributed by atoms with van der Waals surface area (Å²) in [6.45, 7) is 0.766. The minimum absolute atomic E-state index is 0.369. The quantitative estimate of drug-likeness (QED) is 0.597. The Morgan fingerprint density at radius 3 is 2.37 bits per heavy atom. The molecule has 0 fully saturated rings. The molecular weight excluding hydrogens is 264 g/mol. The van der Waals surface area contributed by atoms with Crippen LogP contribution in [0.25, 0.3) is 0 Å². The van der Waals surface area contributed by atoms with Gasteiger partial charge < -0.3 is 9.47 Å². The highest BCUT2D eigenvalue weighted by Gasteiger charge is 2.01. The summed E-state index contributed by atoms with van der Waals surface area (Å²) in [6.07, 6.45) is 0.773. The number of benzene rings is 2. The second-order valence-electron chi connectivity index (χ2n) is 3.81. The van der Waals surface area contributed by atoms with E-state index < -0.39 is 0 Å². The summed E-state index contributed by atoms with van der Waals surface area (Å²) >= 11 is 5.77. The third-order valence-electron chi connectivity index (χ3n) is 2.47. The van der Waals surface area contributed by atoms with E-state index in [0.717, 1.165) is 12.0 Å². The number of carbonyl (C=O) groups is 1. The molecule has 0 N–H and O–H groups in total. The van der Waals surface area contributed by atoms with Crippen LogP contribution in [-0.2, 0) is 0 Å². The van der Waals surface area contributed by atoms with Gasteiger partial charge in [0.25, 0.3) is 0 Å². The topological polar surface area (TPSA) is 35.5 Å². The van der Waals surface area contributed by atoms with Crippen LogP contribution in [-0.4, -0.2) is 19.5 Å². The van der Waals surface area contributed by atoms with Crippen LogP contribution in [0.2, 0.25) is 5.02 Å². The van der Waals surface area contributed by atoms with Crippen LogP contribution in [0, 0.1) is 0 Å². The van der Waals surface area contributed by atoms with Crippen molar-refractivity contribution in [2.45, 2.75) is 0 Å². The second-order valence-corrected chi connectivity index (χ2v) is 4.24. The van der Waals surface area contributed by atoms with Crippen LogP contribution in [0.15, 0.2) is 48.5 Å². The Labute approximate surface area is 116 Å². The largest absolute Gasteiger partial charge is 0.490 e. The van der Waals surface area contributed by atoms with Crippen molar-refractivity contribution in [3.8, 4) is 11.5 Å².